The summed E-state index contributed by atoms with van der Waals surface area (Å²) in [6, 6.07) is -0.659. The smallest absolute Gasteiger partial charge is 0.449 e. The molecule has 1 N–H and O–H groups in total. The van der Waals surface area contributed by atoms with Crippen molar-refractivity contribution in [3.05, 3.63) is 17.2 Å². The molecule has 0 saturated heterocycles. The summed E-state index contributed by atoms with van der Waals surface area (Å²) >= 11 is 0. The highest BCUT2D eigenvalue weighted by Gasteiger charge is 2.40. The van der Waals surface area contributed by atoms with Gasteiger partial charge in [-0.25, -0.2) is 9.78 Å². The van der Waals surface area contributed by atoms with Gasteiger partial charge in [-0.3, -0.25) is 4.90 Å². The van der Waals surface area contributed by atoms with Crippen LogP contribution in [0.15, 0.2) is 0 Å². The monoisotopic (exact) mass is 263 g/mol. The molecule has 1 aromatic heterocycles. The molecule has 2 heterocycles. The van der Waals surface area contributed by atoms with Gasteiger partial charge in [0.05, 0.1) is 11.7 Å². The zero-order chi connectivity index (χ0) is 13.7. The first-order valence-electron chi connectivity index (χ1n) is 5.35. The van der Waals surface area contributed by atoms with Crippen molar-refractivity contribution in [3.8, 4) is 0 Å². The van der Waals surface area contributed by atoms with Gasteiger partial charge in [-0.2, -0.15) is 13.2 Å². The molecule has 100 valence electrons. The summed E-state index contributed by atoms with van der Waals surface area (Å²) in [4.78, 5) is 15.6. The summed E-state index contributed by atoms with van der Waals surface area (Å²) in [6.45, 7) is 1.72. The lowest BCUT2D eigenvalue weighted by Gasteiger charge is -2.30. The average molecular weight is 263 g/mol. The second kappa shape index (κ2) is 3.89. The molecule has 1 aromatic rings. The summed E-state index contributed by atoms with van der Waals surface area (Å²) in [5, 5.41) is 8.94. The fourth-order valence-electron chi connectivity index (χ4n) is 2.27. The second-order valence-electron chi connectivity index (χ2n) is 4.23. The number of rotatable bonds is 0. The Hall–Kier alpha value is -1.73. The summed E-state index contributed by atoms with van der Waals surface area (Å²) < 4.78 is 39.1. The molecule has 0 saturated carbocycles. The Bertz CT molecular complexity index is 495. The van der Waals surface area contributed by atoms with E-state index in [1.54, 1.807) is 6.92 Å². The Kier molecular flexibility index (Phi) is 2.75. The van der Waals surface area contributed by atoms with Crippen LogP contribution in [0.5, 0.6) is 0 Å². The van der Waals surface area contributed by atoms with E-state index in [0.29, 0.717) is 5.69 Å². The molecule has 0 radical (unpaired) electrons. The van der Waals surface area contributed by atoms with E-state index in [1.807, 2.05) is 0 Å². The number of carboxylic acid groups (broad SMARTS) is 1. The molecule has 1 unspecified atom stereocenters. The van der Waals surface area contributed by atoms with Crippen LogP contribution >= 0.6 is 0 Å². The van der Waals surface area contributed by atoms with E-state index in [9.17, 15) is 18.0 Å². The maximum atomic E-state index is 12.7. The van der Waals surface area contributed by atoms with Crippen molar-refractivity contribution in [3.63, 3.8) is 0 Å². The number of hydrogen-bond donors (Lipinski definition) is 1. The molecule has 1 aliphatic heterocycles. The normalized spacial score (nSPS) is 19.8. The van der Waals surface area contributed by atoms with Gasteiger partial charge in [-0.05, 0) is 6.92 Å². The molecular weight excluding hydrogens is 251 g/mol. The van der Waals surface area contributed by atoms with Crippen LogP contribution in [0.1, 0.15) is 30.2 Å². The molecule has 1 aliphatic rings. The van der Waals surface area contributed by atoms with E-state index >= 15 is 0 Å². The minimum absolute atomic E-state index is 0.181. The van der Waals surface area contributed by atoms with Crippen molar-refractivity contribution >= 4 is 6.09 Å². The fourth-order valence-corrected chi connectivity index (χ4v) is 2.27. The molecular formula is C10H12F3N3O2. The zero-order valence-corrected chi connectivity index (χ0v) is 9.82. The SMILES string of the molecule is CC1c2nc(C(F)(F)F)n(C)c2CCN1C(=O)O. The Morgan fingerprint density at radius 3 is 2.61 bits per heavy atom. The lowest BCUT2D eigenvalue weighted by atomic mass is 10.1. The summed E-state index contributed by atoms with van der Waals surface area (Å²) in [5.41, 5.74) is 0.644. The van der Waals surface area contributed by atoms with Gasteiger partial charge in [-0.15, -0.1) is 0 Å². The molecule has 0 bridgehead atoms. The Balaban J connectivity index is 2.48. The number of hydrogen-bond acceptors (Lipinski definition) is 2. The lowest BCUT2D eigenvalue weighted by Crippen LogP contribution is -2.38. The van der Waals surface area contributed by atoms with Crippen LogP contribution in [0.25, 0.3) is 0 Å². The van der Waals surface area contributed by atoms with E-state index in [2.05, 4.69) is 4.98 Å². The molecule has 0 spiro atoms. The largest absolute Gasteiger partial charge is 0.465 e. The third-order valence-electron chi connectivity index (χ3n) is 3.20. The molecule has 18 heavy (non-hydrogen) atoms. The van der Waals surface area contributed by atoms with Gasteiger partial charge in [0.15, 0.2) is 0 Å². The molecule has 0 aromatic carbocycles. The Morgan fingerprint density at radius 1 is 1.50 bits per heavy atom. The van der Waals surface area contributed by atoms with E-state index in [-0.39, 0.29) is 18.7 Å². The Labute approximate surface area is 101 Å². The van der Waals surface area contributed by atoms with Crippen LogP contribution in [0.2, 0.25) is 0 Å². The maximum absolute atomic E-state index is 12.7. The minimum atomic E-state index is -4.53. The van der Waals surface area contributed by atoms with Gasteiger partial charge in [0, 0.05) is 25.7 Å². The van der Waals surface area contributed by atoms with Crippen LogP contribution in [0, 0.1) is 0 Å². The molecule has 1 amide bonds. The van der Waals surface area contributed by atoms with Crippen LogP contribution in [-0.4, -0.2) is 32.2 Å². The molecule has 2 rings (SSSR count). The fraction of sp³-hybridized carbons (Fsp3) is 0.600. The number of aromatic nitrogens is 2. The quantitative estimate of drug-likeness (QED) is 0.779. The highest BCUT2D eigenvalue weighted by molar-refractivity contribution is 5.66. The molecule has 5 nitrogen and oxygen atoms in total. The van der Waals surface area contributed by atoms with Gasteiger partial charge < -0.3 is 9.67 Å². The van der Waals surface area contributed by atoms with Crippen molar-refractivity contribution in [1.29, 1.82) is 0 Å². The van der Waals surface area contributed by atoms with Crippen LogP contribution in [-0.2, 0) is 19.6 Å². The topological polar surface area (TPSA) is 58.4 Å². The van der Waals surface area contributed by atoms with Crippen LogP contribution < -0.4 is 0 Å². The number of fused-ring (bicyclic) bond motifs is 1. The zero-order valence-electron chi connectivity index (χ0n) is 9.82. The van der Waals surface area contributed by atoms with Crippen molar-refractivity contribution in [2.24, 2.45) is 7.05 Å². The summed E-state index contributed by atoms with van der Waals surface area (Å²) in [7, 11) is 1.30. The number of halogens is 3. The molecule has 0 fully saturated rings. The van der Waals surface area contributed by atoms with Crippen molar-refractivity contribution < 1.29 is 23.1 Å². The Morgan fingerprint density at radius 2 is 2.11 bits per heavy atom. The van der Waals surface area contributed by atoms with Crippen LogP contribution in [0.4, 0.5) is 18.0 Å². The molecule has 8 heteroatoms. The van der Waals surface area contributed by atoms with Crippen LogP contribution in [0.3, 0.4) is 0 Å². The van der Waals surface area contributed by atoms with E-state index in [4.69, 9.17) is 5.11 Å². The standard InChI is InChI=1S/C10H12F3N3O2/c1-5-7-6(3-4-16(5)9(17)18)15(2)8(14-7)10(11,12)13/h5H,3-4H2,1-2H3,(H,17,18). The molecule has 1 atom stereocenters. The van der Waals surface area contributed by atoms with Gasteiger partial charge >= 0.3 is 12.3 Å². The van der Waals surface area contributed by atoms with Crippen molar-refractivity contribution in [2.75, 3.05) is 6.54 Å². The first-order chi connectivity index (χ1) is 8.23. The summed E-state index contributed by atoms with van der Waals surface area (Å²) in [5.74, 6) is -0.980. The lowest BCUT2D eigenvalue weighted by molar-refractivity contribution is -0.146. The maximum Gasteiger partial charge on any atom is 0.449 e. The number of imidazole rings is 1. The summed E-state index contributed by atoms with van der Waals surface area (Å²) in [6.07, 6.45) is -5.43. The first kappa shape index (κ1) is 12.7. The van der Waals surface area contributed by atoms with Gasteiger partial charge in [0.25, 0.3) is 0 Å². The number of amides is 1. The predicted octanol–water partition coefficient (Wildman–Crippen LogP) is 2.04. The van der Waals surface area contributed by atoms with Gasteiger partial charge in [0.2, 0.25) is 5.82 Å². The minimum Gasteiger partial charge on any atom is -0.465 e. The van der Waals surface area contributed by atoms with E-state index in [0.717, 1.165) is 9.47 Å². The average Bonchev–Trinajstić information content (AvgIpc) is 2.57. The number of carbonyl (C=O) groups is 1. The highest BCUT2D eigenvalue weighted by atomic mass is 19.4. The number of nitrogens with zero attached hydrogens (tertiary/aromatic N) is 3. The number of alkyl halides is 3. The van der Waals surface area contributed by atoms with Crippen molar-refractivity contribution in [1.82, 2.24) is 14.5 Å². The third-order valence-corrected chi connectivity index (χ3v) is 3.20. The molecule has 0 aliphatic carbocycles. The van der Waals surface area contributed by atoms with Gasteiger partial charge in [-0.1, -0.05) is 0 Å². The van der Waals surface area contributed by atoms with E-state index in [1.165, 1.54) is 7.05 Å². The highest BCUT2D eigenvalue weighted by Crippen LogP contribution is 2.35. The predicted molar refractivity (Wildman–Crippen MR) is 55.1 cm³/mol. The van der Waals surface area contributed by atoms with Gasteiger partial charge in [0.1, 0.15) is 0 Å². The van der Waals surface area contributed by atoms with Crippen molar-refractivity contribution in [2.45, 2.75) is 25.6 Å². The van der Waals surface area contributed by atoms with E-state index < -0.39 is 24.1 Å². The second-order valence-corrected chi connectivity index (χ2v) is 4.23. The third kappa shape index (κ3) is 1.81. The first-order valence-corrected chi connectivity index (χ1v) is 5.35.